The van der Waals surface area contributed by atoms with E-state index in [1.807, 2.05) is 0 Å². The van der Waals surface area contributed by atoms with E-state index < -0.39 is 5.91 Å². The Hall–Kier alpha value is -2.24. The Morgan fingerprint density at radius 2 is 2.24 bits per heavy atom. The molecule has 2 rings (SSSR count). The van der Waals surface area contributed by atoms with Gasteiger partial charge in [-0.2, -0.15) is 0 Å². The van der Waals surface area contributed by atoms with Crippen molar-refractivity contribution in [2.75, 3.05) is 18.9 Å². The lowest BCUT2D eigenvalue weighted by Crippen LogP contribution is -2.24. The molecule has 1 aromatic carbocycles. The van der Waals surface area contributed by atoms with E-state index in [0.29, 0.717) is 30.9 Å². The van der Waals surface area contributed by atoms with Crippen molar-refractivity contribution in [1.29, 1.82) is 0 Å². The molecular formula is C11H13N3O3. The minimum atomic E-state index is -0.524. The molecule has 0 radical (unpaired) electrons. The number of anilines is 1. The normalized spacial score (nSPS) is 14.8. The zero-order valence-electron chi connectivity index (χ0n) is 9.18. The fourth-order valence-corrected chi connectivity index (χ4v) is 1.67. The van der Waals surface area contributed by atoms with E-state index in [1.54, 1.807) is 17.0 Å². The number of primary amides is 1. The summed E-state index contributed by atoms with van der Waals surface area (Å²) < 4.78 is 4.81. The van der Waals surface area contributed by atoms with Gasteiger partial charge in [0.25, 0.3) is 0 Å². The smallest absolute Gasteiger partial charge is 0.410 e. The number of benzene rings is 1. The first-order valence-corrected chi connectivity index (χ1v) is 5.18. The van der Waals surface area contributed by atoms with Crippen LogP contribution in [0.1, 0.15) is 15.9 Å². The van der Waals surface area contributed by atoms with Gasteiger partial charge in [-0.1, -0.05) is 6.07 Å². The molecule has 0 atom stereocenters. The van der Waals surface area contributed by atoms with Gasteiger partial charge in [-0.3, -0.25) is 4.79 Å². The molecule has 6 heteroatoms. The molecule has 1 aromatic rings. The lowest BCUT2D eigenvalue weighted by molar-refractivity contribution is 0.1000. The number of nitrogen functional groups attached to an aromatic ring is 1. The first-order chi connectivity index (χ1) is 8.08. The summed E-state index contributed by atoms with van der Waals surface area (Å²) in [6.07, 6.45) is -0.344. The number of nitrogens with two attached hydrogens (primary N) is 2. The van der Waals surface area contributed by atoms with Crippen molar-refractivity contribution in [2.45, 2.75) is 6.54 Å². The number of hydrogen-bond acceptors (Lipinski definition) is 4. The zero-order chi connectivity index (χ0) is 12.4. The molecule has 1 heterocycles. The van der Waals surface area contributed by atoms with Crippen molar-refractivity contribution in [3.05, 3.63) is 29.3 Å². The van der Waals surface area contributed by atoms with Crippen LogP contribution in [0.4, 0.5) is 10.5 Å². The van der Waals surface area contributed by atoms with Crippen LogP contribution in [0.2, 0.25) is 0 Å². The van der Waals surface area contributed by atoms with Crippen molar-refractivity contribution in [3.63, 3.8) is 0 Å². The van der Waals surface area contributed by atoms with Crippen molar-refractivity contribution < 1.29 is 14.3 Å². The van der Waals surface area contributed by atoms with Crippen molar-refractivity contribution >= 4 is 17.7 Å². The van der Waals surface area contributed by atoms with Crippen LogP contribution in [0, 0.1) is 0 Å². The molecule has 0 unspecified atom stereocenters. The largest absolute Gasteiger partial charge is 0.448 e. The lowest BCUT2D eigenvalue weighted by Gasteiger charge is -2.14. The average molecular weight is 235 g/mol. The molecule has 17 heavy (non-hydrogen) atoms. The molecule has 0 bridgehead atoms. The van der Waals surface area contributed by atoms with E-state index in [0.717, 1.165) is 5.56 Å². The topological polar surface area (TPSA) is 98.6 Å². The second-order valence-corrected chi connectivity index (χ2v) is 3.81. The van der Waals surface area contributed by atoms with E-state index in [4.69, 9.17) is 16.2 Å². The highest BCUT2D eigenvalue weighted by Gasteiger charge is 2.22. The second-order valence-electron chi connectivity index (χ2n) is 3.81. The molecule has 90 valence electrons. The third kappa shape index (κ3) is 2.30. The quantitative estimate of drug-likeness (QED) is 0.737. The molecule has 0 spiro atoms. The summed E-state index contributed by atoms with van der Waals surface area (Å²) in [5.41, 5.74) is 12.5. The summed E-state index contributed by atoms with van der Waals surface area (Å²) in [5.74, 6) is -0.524. The molecule has 0 saturated carbocycles. The molecule has 1 fully saturated rings. The third-order valence-electron chi connectivity index (χ3n) is 2.64. The Morgan fingerprint density at radius 3 is 2.76 bits per heavy atom. The first kappa shape index (κ1) is 11.3. The summed E-state index contributed by atoms with van der Waals surface area (Å²) in [5, 5.41) is 0. The maximum Gasteiger partial charge on any atom is 0.410 e. The predicted octanol–water partition coefficient (Wildman–Crippen LogP) is 0.320. The number of rotatable bonds is 3. The number of hydrogen-bond donors (Lipinski definition) is 2. The van der Waals surface area contributed by atoms with E-state index in [9.17, 15) is 9.59 Å². The summed E-state index contributed by atoms with van der Waals surface area (Å²) in [6, 6.07) is 4.80. The summed E-state index contributed by atoms with van der Waals surface area (Å²) in [6.45, 7) is 1.33. The van der Waals surface area contributed by atoms with Crippen molar-refractivity contribution in [3.8, 4) is 0 Å². The van der Waals surface area contributed by atoms with Crippen LogP contribution in [-0.4, -0.2) is 30.1 Å². The SMILES string of the molecule is NC(=O)c1ccc(CN2CCOC2=O)c(N)c1. The fourth-order valence-electron chi connectivity index (χ4n) is 1.67. The fraction of sp³-hybridized carbons (Fsp3) is 0.273. The van der Waals surface area contributed by atoms with Crippen LogP contribution in [0.5, 0.6) is 0 Å². The van der Waals surface area contributed by atoms with Gasteiger partial charge >= 0.3 is 6.09 Å². The summed E-state index contributed by atoms with van der Waals surface area (Å²) in [7, 11) is 0. The Kier molecular flexibility index (Phi) is 2.86. The molecule has 0 aromatic heterocycles. The maximum absolute atomic E-state index is 11.3. The minimum Gasteiger partial charge on any atom is -0.448 e. The van der Waals surface area contributed by atoms with Crippen LogP contribution in [0.15, 0.2) is 18.2 Å². The van der Waals surface area contributed by atoms with E-state index >= 15 is 0 Å². The molecule has 0 aliphatic carbocycles. The molecule has 1 aliphatic heterocycles. The Balaban J connectivity index is 2.16. The number of carbonyl (C=O) groups excluding carboxylic acids is 2. The van der Waals surface area contributed by atoms with Gasteiger partial charge in [0.1, 0.15) is 6.61 Å². The van der Waals surface area contributed by atoms with Gasteiger partial charge in [0.05, 0.1) is 13.1 Å². The summed E-state index contributed by atoms with van der Waals surface area (Å²) >= 11 is 0. The number of ether oxygens (including phenoxy) is 1. The highest BCUT2D eigenvalue weighted by molar-refractivity contribution is 5.93. The maximum atomic E-state index is 11.3. The van der Waals surface area contributed by atoms with Crippen LogP contribution in [0.3, 0.4) is 0 Å². The van der Waals surface area contributed by atoms with Gasteiger partial charge in [-0.15, -0.1) is 0 Å². The van der Waals surface area contributed by atoms with Crippen LogP contribution in [0.25, 0.3) is 0 Å². The van der Waals surface area contributed by atoms with Gasteiger partial charge in [0.2, 0.25) is 5.91 Å². The van der Waals surface area contributed by atoms with Crippen LogP contribution in [-0.2, 0) is 11.3 Å². The van der Waals surface area contributed by atoms with Gasteiger partial charge in [-0.05, 0) is 17.7 Å². The molecule has 2 amide bonds. The number of carbonyl (C=O) groups is 2. The number of nitrogens with zero attached hydrogens (tertiary/aromatic N) is 1. The predicted molar refractivity (Wildman–Crippen MR) is 61.1 cm³/mol. The first-order valence-electron chi connectivity index (χ1n) is 5.18. The molecule has 6 nitrogen and oxygen atoms in total. The molecular weight excluding hydrogens is 222 g/mol. The Bertz CT molecular complexity index is 473. The van der Waals surface area contributed by atoms with Crippen LogP contribution >= 0.6 is 0 Å². The van der Waals surface area contributed by atoms with Gasteiger partial charge in [0, 0.05) is 11.3 Å². The molecule has 4 N–H and O–H groups in total. The second kappa shape index (κ2) is 4.32. The Morgan fingerprint density at radius 1 is 1.47 bits per heavy atom. The summed E-state index contributed by atoms with van der Waals surface area (Å²) in [4.78, 5) is 23.7. The van der Waals surface area contributed by atoms with Crippen LogP contribution < -0.4 is 11.5 Å². The minimum absolute atomic E-state index is 0.344. The average Bonchev–Trinajstić information content (AvgIpc) is 2.67. The highest BCUT2D eigenvalue weighted by Crippen LogP contribution is 2.18. The van der Waals surface area contributed by atoms with E-state index in [2.05, 4.69) is 0 Å². The number of cyclic esters (lactones) is 1. The van der Waals surface area contributed by atoms with E-state index in [-0.39, 0.29) is 6.09 Å². The molecule has 1 aliphatic rings. The van der Waals surface area contributed by atoms with Gasteiger partial charge < -0.3 is 21.1 Å². The Labute approximate surface area is 98.1 Å². The standard InChI is InChI=1S/C11H13N3O3/c12-9-5-7(10(13)15)1-2-8(9)6-14-3-4-17-11(14)16/h1-2,5H,3-4,6,12H2,(H2,13,15). The van der Waals surface area contributed by atoms with Crippen molar-refractivity contribution in [1.82, 2.24) is 4.90 Å². The highest BCUT2D eigenvalue weighted by atomic mass is 16.6. The molecule has 1 saturated heterocycles. The van der Waals surface area contributed by atoms with Crippen molar-refractivity contribution in [2.24, 2.45) is 5.73 Å². The lowest BCUT2D eigenvalue weighted by atomic mass is 10.1. The zero-order valence-corrected chi connectivity index (χ0v) is 9.18. The third-order valence-corrected chi connectivity index (χ3v) is 2.64. The monoisotopic (exact) mass is 235 g/mol. The van der Waals surface area contributed by atoms with Gasteiger partial charge in [-0.25, -0.2) is 4.79 Å². The van der Waals surface area contributed by atoms with Gasteiger partial charge in [0.15, 0.2) is 0 Å². The van der Waals surface area contributed by atoms with E-state index in [1.165, 1.54) is 6.07 Å². The number of amides is 2.